The van der Waals surface area contributed by atoms with Crippen molar-refractivity contribution in [2.75, 3.05) is 0 Å². The Morgan fingerprint density at radius 2 is 1.67 bits per heavy atom. The van der Waals surface area contributed by atoms with Crippen molar-refractivity contribution in [1.82, 2.24) is 0 Å². The maximum Gasteiger partial charge on any atom is 0.126 e. The highest BCUT2D eigenvalue weighted by Crippen LogP contribution is 2.63. The number of hydrogen-bond donors (Lipinski definition) is 0. The topological polar surface area (TPSA) is 17.1 Å². The van der Waals surface area contributed by atoms with Gasteiger partial charge in [-0.05, 0) is 61.3 Å². The summed E-state index contributed by atoms with van der Waals surface area (Å²) in [5.41, 5.74) is 1.59. The number of carbonyl (C=O) groups is 1. The molecule has 0 aliphatic heterocycles. The lowest BCUT2D eigenvalue weighted by Crippen LogP contribution is -2.50. The molecule has 4 saturated carbocycles. The molecule has 4 aliphatic carbocycles. The van der Waals surface area contributed by atoms with Gasteiger partial charge in [-0.1, -0.05) is 30.3 Å². The van der Waals surface area contributed by atoms with Gasteiger partial charge in [0.05, 0.1) is 0 Å². The molecule has 0 N–H and O–H groups in total. The van der Waals surface area contributed by atoms with Gasteiger partial charge in [0.15, 0.2) is 0 Å². The lowest BCUT2D eigenvalue weighted by Gasteiger charge is -2.58. The molecule has 1 nitrogen and oxygen atoms in total. The summed E-state index contributed by atoms with van der Waals surface area (Å²) in [5, 5.41) is 0. The predicted molar refractivity (Wildman–Crippen MR) is 71.2 cm³/mol. The Morgan fingerprint density at radius 1 is 1.00 bits per heavy atom. The van der Waals surface area contributed by atoms with Crippen molar-refractivity contribution in [3.05, 3.63) is 35.9 Å². The number of aldehydes is 1. The molecule has 2 atom stereocenters. The van der Waals surface area contributed by atoms with Crippen LogP contribution in [0.2, 0.25) is 0 Å². The van der Waals surface area contributed by atoms with Crippen molar-refractivity contribution in [2.45, 2.75) is 38.0 Å². The van der Waals surface area contributed by atoms with Crippen molar-refractivity contribution in [2.24, 2.45) is 23.2 Å². The standard InChI is InChI=1S/C17H20O/c18-11-17-8-12-6-14(9-17)16(15(7-12)10-17)13-4-2-1-3-5-13/h1-5,11-12,14-16H,6-10H2. The smallest absolute Gasteiger partial charge is 0.126 e. The molecule has 0 spiro atoms. The van der Waals surface area contributed by atoms with Gasteiger partial charge in [0.1, 0.15) is 6.29 Å². The van der Waals surface area contributed by atoms with Gasteiger partial charge in [-0.3, -0.25) is 0 Å². The minimum atomic E-state index is 0.0712. The van der Waals surface area contributed by atoms with Crippen molar-refractivity contribution in [1.29, 1.82) is 0 Å². The zero-order valence-corrected chi connectivity index (χ0v) is 10.7. The van der Waals surface area contributed by atoms with Crippen LogP contribution in [-0.2, 0) is 4.79 Å². The van der Waals surface area contributed by atoms with Crippen LogP contribution >= 0.6 is 0 Å². The largest absolute Gasteiger partial charge is 0.303 e. The first-order chi connectivity index (χ1) is 8.80. The van der Waals surface area contributed by atoms with Crippen LogP contribution in [0.1, 0.15) is 43.6 Å². The fourth-order valence-electron chi connectivity index (χ4n) is 5.45. The first kappa shape index (κ1) is 10.8. The average Bonchev–Trinajstić information content (AvgIpc) is 2.39. The van der Waals surface area contributed by atoms with Gasteiger partial charge in [-0.25, -0.2) is 0 Å². The van der Waals surface area contributed by atoms with Crippen LogP contribution in [0.25, 0.3) is 0 Å². The van der Waals surface area contributed by atoms with E-state index in [1.807, 2.05) is 0 Å². The molecule has 4 aliphatic rings. The highest BCUT2D eigenvalue weighted by atomic mass is 16.1. The van der Waals surface area contributed by atoms with Crippen LogP contribution in [0.4, 0.5) is 0 Å². The molecule has 94 valence electrons. The third-order valence-corrected chi connectivity index (χ3v) is 5.76. The highest BCUT2D eigenvalue weighted by molar-refractivity contribution is 5.61. The zero-order chi connectivity index (χ0) is 12.2. The van der Waals surface area contributed by atoms with Crippen LogP contribution in [0, 0.1) is 23.2 Å². The van der Waals surface area contributed by atoms with Crippen molar-refractivity contribution < 1.29 is 4.79 Å². The van der Waals surface area contributed by atoms with E-state index in [1.165, 1.54) is 31.1 Å². The minimum Gasteiger partial charge on any atom is -0.303 e. The summed E-state index contributed by atoms with van der Waals surface area (Å²) in [4.78, 5) is 11.5. The van der Waals surface area contributed by atoms with E-state index in [4.69, 9.17) is 0 Å². The minimum absolute atomic E-state index is 0.0712. The van der Waals surface area contributed by atoms with Crippen molar-refractivity contribution in [3.8, 4) is 0 Å². The van der Waals surface area contributed by atoms with E-state index in [0.29, 0.717) is 0 Å². The zero-order valence-electron chi connectivity index (χ0n) is 10.7. The predicted octanol–water partition coefficient (Wildman–Crippen LogP) is 3.80. The molecule has 0 amide bonds. The SMILES string of the molecule is O=CC12CC3CC(C1)C(c1ccccc1)C(C3)C2. The monoisotopic (exact) mass is 240 g/mol. The molecular formula is C17H20O. The second kappa shape index (κ2) is 3.69. The first-order valence-corrected chi connectivity index (χ1v) is 7.31. The normalized spacial score (nSPS) is 45.1. The van der Waals surface area contributed by atoms with E-state index in [1.54, 1.807) is 0 Å². The second-order valence-corrected chi connectivity index (χ2v) is 6.89. The van der Waals surface area contributed by atoms with Crippen LogP contribution in [0.3, 0.4) is 0 Å². The Balaban J connectivity index is 1.71. The molecule has 4 bridgehead atoms. The van der Waals surface area contributed by atoms with E-state index in [9.17, 15) is 4.79 Å². The second-order valence-electron chi connectivity index (χ2n) is 6.89. The summed E-state index contributed by atoms with van der Waals surface area (Å²) in [5.74, 6) is 3.11. The number of carbonyl (C=O) groups excluding carboxylic acids is 1. The van der Waals surface area contributed by atoms with E-state index in [2.05, 4.69) is 30.3 Å². The Labute approximate surface area is 109 Å². The van der Waals surface area contributed by atoms with E-state index < -0.39 is 0 Å². The van der Waals surface area contributed by atoms with Crippen LogP contribution in [0.15, 0.2) is 30.3 Å². The summed E-state index contributed by atoms with van der Waals surface area (Å²) < 4.78 is 0. The molecule has 2 unspecified atom stereocenters. The molecule has 1 aromatic carbocycles. The Bertz CT molecular complexity index is 448. The lowest BCUT2D eigenvalue weighted by molar-refractivity contribution is -0.132. The maximum atomic E-state index is 11.5. The summed E-state index contributed by atoms with van der Waals surface area (Å²) in [7, 11) is 0. The quantitative estimate of drug-likeness (QED) is 0.719. The van der Waals surface area contributed by atoms with Gasteiger partial charge in [-0.2, -0.15) is 0 Å². The van der Waals surface area contributed by atoms with Crippen molar-refractivity contribution >= 4 is 6.29 Å². The van der Waals surface area contributed by atoms with Crippen molar-refractivity contribution in [3.63, 3.8) is 0 Å². The van der Waals surface area contributed by atoms with Gasteiger partial charge in [0.25, 0.3) is 0 Å². The van der Waals surface area contributed by atoms with Gasteiger partial charge in [-0.15, -0.1) is 0 Å². The average molecular weight is 240 g/mol. The summed E-state index contributed by atoms with van der Waals surface area (Å²) >= 11 is 0. The maximum absolute atomic E-state index is 11.5. The van der Waals surface area contributed by atoms with E-state index in [0.717, 1.165) is 36.5 Å². The van der Waals surface area contributed by atoms with Gasteiger partial charge in [0, 0.05) is 5.41 Å². The molecule has 0 saturated heterocycles. The first-order valence-electron chi connectivity index (χ1n) is 7.31. The highest BCUT2D eigenvalue weighted by Gasteiger charge is 2.55. The molecule has 0 aromatic heterocycles. The number of benzene rings is 1. The molecule has 1 aromatic rings. The summed E-state index contributed by atoms with van der Waals surface area (Å²) in [6, 6.07) is 11.0. The third kappa shape index (κ3) is 1.43. The third-order valence-electron chi connectivity index (χ3n) is 5.76. The Morgan fingerprint density at radius 3 is 2.28 bits per heavy atom. The van der Waals surface area contributed by atoms with Gasteiger partial charge >= 0.3 is 0 Å². The molecule has 5 rings (SSSR count). The Hall–Kier alpha value is -1.11. The fourth-order valence-corrected chi connectivity index (χ4v) is 5.45. The van der Waals surface area contributed by atoms with Gasteiger partial charge < -0.3 is 4.79 Å². The summed E-state index contributed by atoms with van der Waals surface area (Å²) in [6.07, 6.45) is 7.54. The van der Waals surface area contributed by atoms with Crippen LogP contribution in [-0.4, -0.2) is 6.29 Å². The summed E-state index contributed by atoms with van der Waals surface area (Å²) in [6.45, 7) is 0. The molecule has 0 radical (unpaired) electrons. The van der Waals surface area contributed by atoms with Crippen LogP contribution in [0.5, 0.6) is 0 Å². The molecule has 1 heteroatoms. The molecule has 4 fully saturated rings. The van der Waals surface area contributed by atoms with Gasteiger partial charge in [0.2, 0.25) is 0 Å². The van der Waals surface area contributed by atoms with Crippen LogP contribution < -0.4 is 0 Å². The van der Waals surface area contributed by atoms with E-state index in [-0.39, 0.29) is 5.41 Å². The number of rotatable bonds is 2. The lowest BCUT2D eigenvalue weighted by atomic mass is 9.46. The van der Waals surface area contributed by atoms with E-state index >= 15 is 0 Å². The molecule has 0 heterocycles. The number of hydrogen-bond acceptors (Lipinski definition) is 1. The molecule has 18 heavy (non-hydrogen) atoms. The fraction of sp³-hybridized carbons (Fsp3) is 0.588. The Kier molecular flexibility index (Phi) is 2.21. The molecular weight excluding hydrogens is 220 g/mol.